The van der Waals surface area contributed by atoms with E-state index in [1.165, 1.54) is 6.92 Å². The van der Waals surface area contributed by atoms with Gasteiger partial charge >= 0.3 is 0 Å². The van der Waals surface area contributed by atoms with E-state index in [4.69, 9.17) is 11.5 Å². The Morgan fingerprint density at radius 1 is 0.814 bits per heavy atom. The van der Waals surface area contributed by atoms with Gasteiger partial charge in [-0.25, -0.2) is 8.42 Å². The summed E-state index contributed by atoms with van der Waals surface area (Å²) in [6.07, 6.45) is 3.43. The zero-order valence-electron chi connectivity index (χ0n) is 25.3. The average Bonchev–Trinajstić information content (AvgIpc) is 2.97. The SMILES string of the molecule is CCC(Cc1ccccc1)NC(=O)[C@H](Cc1ccccc1)NC(=O)CN(C[C@H](CCCCN)NC(C)=O)S(=O)(=O)CCN. The number of unbranched alkanes of at least 4 members (excludes halogenated alkanes) is 1. The fourth-order valence-electron chi connectivity index (χ4n) is 4.79. The number of benzene rings is 2. The molecule has 7 N–H and O–H groups in total. The van der Waals surface area contributed by atoms with E-state index in [0.29, 0.717) is 38.6 Å². The fraction of sp³-hybridized carbons (Fsp3) is 0.516. The maximum absolute atomic E-state index is 13.5. The van der Waals surface area contributed by atoms with Crippen LogP contribution in [0.3, 0.4) is 0 Å². The Labute approximate surface area is 256 Å². The van der Waals surface area contributed by atoms with Gasteiger partial charge in [0.05, 0.1) is 12.3 Å². The smallest absolute Gasteiger partial charge is 0.243 e. The lowest BCUT2D eigenvalue weighted by atomic mass is 10.0. The molecule has 43 heavy (non-hydrogen) atoms. The van der Waals surface area contributed by atoms with Crippen molar-refractivity contribution in [3.63, 3.8) is 0 Å². The topological polar surface area (TPSA) is 177 Å². The number of hydrogen-bond acceptors (Lipinski definition) is 7. The van der Waals surface area contributed by atoms with Crippen LogP contribution < -0.4 is 27.4 Å². The van der Waals surface area contributed by atoms with Crippen molar-refractivity contribution in [3.05, 3.63) is 71.8 Å². The highest BCUT2D eigenvalue weighted by Gasteiger charge is 2.30. The molecule has 12 heteroatoms. The summed E-state index contributed by atoms with van der Waals surface area (Å²) < 4.78 is 27.3. The molecule has 0 aliphatic rings. The minimum Gasteiger partial charge on any atom is -0.352 e. The number of nitrogens with two attached hydrogens (primary N) is 2. The van der Waals surface area contributed by atoms with Crippen LogP contribution in [-0.4, -0.2) is 80.5 Å². The molecule has 2 aromatic rings. The maximum atomic E-state index is 13.5. The van der Waals surface area contributed by atoms with E-state index < -0.39 is 34.6 Å². The van der Waals surface area contributed by atoms with Crippen molar-refractivity contribution < 1.29 is 22.8 Å². The van der Waals surface area contributed by atoms with Gasteiger partial charge in [-0.1, -0.05) is 74.0 Å². The van der Waals surface area contributed by atoms with Crippen LogP contribution >= 0.6 is 0 Å². The Hall–Kier alpha value is -3.32. The molecule has 1 unspecified atom stereocenters. The molecule has 3 atom stereocenters. The van der Waals surface area contributed by atoms with Gasteiger partial charge in [-0.15, -0.1) is 0 Å². The van der Waals surface area contributed by atoms with Crippen LogP contribution in [0, 0.1) is 0 Å². The van der Waals surface area contributed by atoms with Crippen molar-refractivity contribution >= 4 is 27.7 Å². The summed E-state index contributed by atoms with van der Waals surface area (Å²) in [6, 6.07) is 17.5. The van der Waals surface area contributed by atoms with Crippen molar-refractivity contribution in [2.75, 3.05) is 31.9 Å². The predicted molar refractivity (Wildman–Crippen MR) is 169 cm³/mol. The molecular formula is C31H48N6O5S. The van der Waals surface area contributed by atoms with Crippen molar-refractivity contribution in [2.45, 2.75) is 70.5 Å². The lowest BCUT2D eigenvalue weighted by molar-refractivity contribution is -0.129. The fourth-order valence-corrected chi connectivity index (χ4v) is 6.07. The second kappa shape index (κ2) is 19.1. The summed E-state index contributed by atoms with van der Waals surface area (Å²) in [4.78, 5) is 38.8. The predicted octanol–water partition coefficient (Wildman–Crippen LogP) is 1.08. The normalized spacial score (nSPS) is 13.6. The molecule has 0 saturated heterocycles. The van der Waals surface area contributed by atoms with Gasteiger partial charge in [-0.3, -0.25) is 14.4 Å². The van der Waals surface area contributed by atoms with Crippen LogP contribution in [0.1, 0.15) is 50.7 Å². The number of nitrogens with one attached hydrogen (secondary N) is 3. The number of sulfonamides is 1. The molecule has 0 heterocycles. The van der Waals surface area contributed by atoms with E-state index >= 15 is 0 Å². The zero-order chi connectivity index (χ0) is 31.7. The number of hydrogen-bond donors (Lipinski definition) is 5. The molecular weight excluding hydrogens is 568 g/mol. The third-order valence-electron chi connectivity index (χ3n) is 7.03. The van der Waals surface area contributed by atoms with Gasteiger partial charge in [0.1, 0.15) is 6.04 Å². The molecule has 0 saturated carbocycles. The van der Waals surface area contributed by atoms with Gasteiger partial charge in [0.15, 0.2) is 0 Å². The number of carbonyl (C=O) groups excluding carboxylic acids is 3. The van der Waals surface area contributed by atoms with Crippen molar-refractivity contribution in [1.29, 1.82) is 0 Å². The van der Waals surface area contributed by atoms with E-state index in [9.17, 15) is 22.8 Å². The number of rotatable bonds is 20. The molecule has 0 spiro atoms. The average molecular weight is 617 g/mol. The van der Waals surface area contributed by atoms with Gasteiger partial charge in [-0.2, -0.15) is 4.31 Å². The molecule has 238 valence electrons. The van der Waals surface area contributed by atoms with Gasteiger partial charge in [0.25, 0.3) is 0 Å². The largest absolute Gasteiger partial charge is 0.352 e. The third kappa shape index (κ3) is 13.7. The standard InChI is InChI=1S/C31H48N6O5S/c1-3-27(20-25-12-6-4-7-13-25)35-31(40)29(21-26-14-8-5-9-15-26)36-30(39)23-37(43(41,42)19-18-33)22-28(34-24(2)38)16-10-11-17-32/h4-9,12-15,27-29H,3,10-11,16-23,32-33H2,1-2H3,(H,34,38)(H,35,40)(H,36,39)/t27?,28-,29-/m0/s1. The van der Waals surface area contributed by atoms with Crippen molar-refractivity contribution in [1.82, 2.24) is 20.3 Å². The molecule has 2 rings (SSSR count). The Kier molecular flexibility index (Phi) is 15.9. The Balaban J connectivity index is 2.24. The zero-order valence-corrected chi connectivity index (χ0v) is 26.2. The first kappa shape index (κ1) is 35.9. The van der Waals surface area contributed by atoms with Crippen molar-refractivity contribution in [3.8, 4) is 0 Å². The summed E-state index contributed by atoms with van der Waals surface area (Å²) in [6.45, 7) is 3.06. The molecule has 3 amide bonds. The monoisotopic (exact) mass is 616 g/mol. The summed E-state index contributed by atoms with van der Waals surface area (Å²) in [7, 11) is -3.93. The van der Waals surface area contributed by atoms with Crippen LogP contribution in [0.15, 0.2) is 60.7 Å². The number of nitrogens with zero attached hydrogens (tertiary/aromatic N) is 1. The van der Waals surface area contributed by atoms with Crippen LogP contribution in [0.2, 0.25) is 0 Å². The van der Waals surface area contributed by atoms with Crippen LogP contribution in [0.5, 0.6) is 0 Å². The summed E-state index contributed by atoms with van der Waals surface area (Å²) >= 11 is 0. The molecule has 0 aliphatic heterocycles. The maximum Gasteiger partial charge on any atom is 0.243 e. The van der Waals surface area contributed by atoms with Gasteiger partial charge in [0.2, 0.25) is 27.7 Å². The minimum atomic E-state index is -3.93. The van der Waals surface area contributed by atoms with Crippen LogP contribution in [0.25, 0.3) is 0 Å². The molecule has 11 nitrogen and oxygen atoms in total. The highest BCUT2D eigenvalue weighted by Crippen LogP contribution is 2.11. The minimum absolute atomic E-state index is 0.107. The first-order chi connectivity index (χ1) is 20.6. The molecule has 0 radical (unpaired) electrons. The molecule has 0 aliphatic carbocycles. The summed E-state index contributed by atoms with van der Waals surface area (Å²) in [5.74, 6) is -1.65. The second-order valence-electron chi connectivity index (χ2n) is 10.7. The highest BCUT2D eigenvalue weighted by molar-refractivity contribution is 7.89. The van der Waals surface area contributed by atoms with E-state index in [1.807, 2.05) is 67.6 Å². The first-order valence-electron chi connectivity index (χ1n) is 14.9. The molecule has 0 bridgehead atoms. The van der Waals surface area contributed by atoms with Gasteiger partial charge in [0, 0.05) is 38.5 Å². The van der Waals surface area contributed by atoms with E-state index in [0.717, 1.165) is 15.4 Å². The number of carbonyl (C=O) groups is 3. The molecule has 0 fully saturated rings. The third-order valence-corrected chi connectivity index (χ3v) is 8.84. The summed E-state index contributed by atoms with van der Waals surface area (Å²) in [5.41, 5.74) is 13.1. The molecule has 0 aromatic heterocycles. The Bertz CT molecular complexity index is 1230. The van der Waals surface area contributed by atoms with Crippen molar-refractivity contribution in [2.24, 2.45) is 11.5 Å². The van der Waals surface area contributed by atoms with E-state index in [1.54, 1.807) is 0 Å². The quantitative estimate of drug-likeness (QED) is 0.138. The Morgan fingerprint density at radius 3 is 1.95 bits per heavy atom. The van der Waals surface area contributed by atoms with E-state index in [-0.39, 0.29) is 43.1 Å². The van der Waals surface area contributed by atoms with Gasteiger partial charge < -0.3 is 27.4 Å². The first-order valence-corrected chi connectivity index (χ1v) is 16.5. The molecule has 2 aromatic carbocycles. The highest BCUT2D eigenvalue weighted by atomic mass is 32.2. The van der Waals surface area contributed by atoms with Crippen LogP contribution in [0.4, 0.5) is 0 Å². The lowest BCUT2D eigenvalue weighted by Gasteiger charge is -2.28. The van der Waals surface area contributed by atoms with Gasteiger partial charge in [-0.05, 0) is 43.4 Å². The second-order valence-corrected chi connectivity index (χ2v) is 12.8. The Morgan fingerprint density at radius 2 is 1.42 bits per heavy atom. The lowest BCUT2D eigenvalue weighted by Crippen LogP contribution is -2.54. The number of amides is 3. The van der Waals surface area contributed by atoms with E-state index in [2.05, 4.69) is 16.0 Å². The summed E-state index contributed by atoms with van der Waals surface area (Å²) in [5, 5.41) is 8.63. The van der Waals surface area contributed by atoms with Crippen LogP contribution in [-0.2, 0) is 37.2 Å².